The van der Waals surface area contributed by atoms with Crippen molar-refractivity contribution in [3.8, 4) is 22.6 Å². The van der Waals surface area contributed by atoms with Crippen LogP contribution < -0.4 is 4.74 Å². The van der Waals surface area contributed by atoms with Crippen LogP contribution in [0.4, 0.5) is 8.78 Å². The molecule has 4 nitrogen and oxygen atoms in total. The van der Waals surface area contributed by atoms with Crippen molar-refractivity contribution in [1.29, 1.82) is 0 Å². The number of aromatic hydroxyl groups is 1. The molecule has 0 amide bonds. The number of phenols is 1. The summed E-state index contributed by atoms with van der Waals surface area (Å²) >= 11 is 1.32. The number of benzene rings is 3. The molecular weight excluding hydrogens is 480 g/mol. The highest BCUT2D eigenvalue weighted by atomic mass is 32.1. The number of phenolic OH excluding ortho intramolecular Hbond substituents is 1. The van der Waals surface area contributed by atoms with Crippen molar-refractivity contribution in [2.75, 3.05) is 32.9 Å². The summed E-state index contributed by atoms with van der Waals surface area (Å²) in [6.45, 7) is 4.62. The molecule has 0 bridgehead atoms. The molecule has 1 N–H and O–H groups in total. The lowest BCUT2D eigenvalue weighted by Crippen LogP contribution is -2.48. The van der Waals surface area contributed by atoms with Crippen molar-refractivity contribution < 1.29 is 23.4 Å². The van der Waals surface area contributed by atoms with Crippen LogP contribution in [0.1, 0.15) is 27.2 Å². The van der Waals surface area contributed by atoms with Gasteiger partial charge in [-0.05, 0) is 73.0 Å². The van der Waals surface area contributed by atoms with E-state index in [1.807, 2.05) is 30.3 Å². The lowest BCUT2D eigenvalue weighted by molar-refractivity contribution is 0.0755. The number of carbonyl (C=O) groups excluding carboxylic acids is 1. The monoisotopic (exact) mass is 507 g/mol. The van der Waals surface area contributed by atoms with E-state index in [1.165, 1.54) is 29.5 Å². The maximum atomic E-state index is 13.6. The highest BCUT2D eigenvalue weighted by Gasteiger charge is 2.25. The summed E-state index contributed by atoms with van der Waals surface area (Å²) in [5.41, 5.74) is 2.68. The Hall–Kier alpha value is -3.29. The van der Waals surface area contributed by atoms with E-state index in [1.54, 1.807) is 19.1 Å². The maximum Gasteiger partial charge on any atom is 0.203 e. The van der Waals surface area contributed by atoms with Gasteiger partial charge in [-0.25, -0.2) is 4.39 Å². The molecule has 7 heteroatoms. The Kier molecular flexibility index (Phi) is 7.03. The van der Waals surface area contributed by atoms with Gasteiger partial charge in [0.25, 0.3) is 0 Å². The molecule has 1 aliphatic heterocycles. The number of halogens is 2. The molecule has 2 heterocycles. The van der Waals surface area contributed by atoms with Gasteiger partial charge in [0.05, 0.1) is 18.2 Å². The van der Waals surface area contributed by atoms with Gasteiger partial charge in [0.1, 0.15) is 17.3 Å². The Bertz CT molecular complexity index is 1390. The molecule has 1 fully saturated rings. The second-order valence-electron chi connectivity index (χ2n) is 9.28. The van der Waals surface area contributed by atoms with E-state index >= 15 is 0 Å². The van der Waals surface area contributed by atoms with Gasteiger partial charge in [-0.2, -0.15) is 0 Å². The minimum atomic E-state index is -0.380. The number of rotatable bonds is 9. The van der Waals surface area contributed by atoms with Gasteiger partial charge in [0, 0.05) is 46.8 Å². The molecule has 0 atom stereocenters. The van der Waals surface area contributed by atoms with Crippen LogP contribution in [-0.4, -0.2) is 48.7 Å². The van der Waals surface area contributed by atoms with Gasteiger partial charge in [-0.3, -0.25) is 9.18 Å². The number of aryl methyl sites for hydroxylation is 1. The number of alkyl halides is 1. The smallest absolute Gasteiger partial charge is 0.203 e. The molecular formula is C29H27F2NO3S. The van der Waals surface area contributed by atoms with Gasteiger partial charge in [0.15, 0.2) is 0 Å². The number of likely N-dealkylation sites (tertiary alicyclic amines) is 1. The van der Waals surface area contributed by atoms with E-state index in [9.17, 15) is 18.7 Å². The molecule has 3 aromatic carbocycles. The molecule has 1 aromatic heterocycles. The Morgan fingerprint density at radius 3 is 2.61 bits per heavy atom. The largest absolute Gasteiger partial charge is 0.508 e. The summed E-state index contributed by atoms with van der Waals surface area (Å²) in [6, 6.07) is 16.9. The van der Waals surface area contributed by atoms with Crippen LogP contribution in [0.5, 0.6) is 11.5 Å². The zero-order chi connectivity index (χ0) is 25.2. The van der Waals surface area contributed by atoms with Crippen molar-refractivity contribution in [2.45, 2.75) is 13.3 Å². The average molecular weight is 508 g/mol. The SMILES string of the molecule is Cc1cc(F)ccc1C(=O)c1sc2cc(O)ccc2c1-c1ccc(OCCCN2CC(CF)C2)cc1. The molecule has 1 saturated heterocycles. The summed E-state index contributed by atoms with van der Waals surface area (Å²) in [7, 11) is 0. The summed E-state index contributed by atoms with van der Waals surface area (Å²) in [6.07, 6.45) is 0.870. The van der Waals surface area contributed by atoms with E-state index < -0.39 is 0 Å². The van der Waals surface area contributed by atoms with Crippen molar-refractivity contribution >= 4 is 27.2 Å². The van der Waals surface area contributed by atoms with Crippen molar-refractivity contribution in [2.24, 2.45) is 5.92 Å². The van der Waals surface area contributed by atoms with Gasteiger partial charge < -0.3 is 14.7 Å². The first-order chi connectivity index (χ1) is 17.4. The van der Waals surface area contributed by atoms with Crippen LogP contribution in [0.3, 0.4) is 0 Å². The third kappa shape index (κ3) is 4.99. The van der Waals surface area contributed by atoms with E-state index in [0.29, 0.717) is 22.6 Å². The lowest BCUT2D eigenvalue weighted by atomic mass is 9.96. The first-order valence-corrected chi connectivity index (χ1v) is 12.8. The first kappa shape index (κ1) is 24.4. The summed E-state index contributed by atoms with van der Waals surface area (Å²) in [5, 5.41) is 10.9. The molecule has 36 heavy (non-hydrogen) atoms. The number of hydrogen-bond acceptors (Lipinski definition) is 5. The minimum absolute atomic E-state index is 0.134. The quantitative estimate of drug-likeness (QED) is 0.204. The second-order valence-corrected chi connectivity index (χ2v) is 10.3. The van der Waals surface area contributed by atoms with Crippen molar-refractivity contribution in [3.63, 3.8) is 0 Å². The van der Waals surface area contributed by atoms with Crippen LogP contribution in [0.2, 0.25) is 0 Å². The molecule has 186 valence electrons. The van der Waals surface area contributed by atoms with E-state index in [-0.39, 0.29) is 29.9 Å². The Morgan fingerprint density at radius 2 is 1.89 bits per heavy atom. The molecule has 5 rings (SSSR count). The normalized spacial score (nSPS) is 14.2. The molecule has 4 aromatic rings. The summed E-state index contributed by atoms with van der Waals surface area (Å²) in [5.74, 6) is 0.511. The van der Waals surface area contributed by atoms with Crippen LogP contribution >= 0.6 is 11.3 Å². The van der Waals surface area contributed by atoms with Gasteiger partial charge in [-0.15, -0.1) is 11.3 Å². The zero-order valence-electron chi connectivity index (χ0n) is 20.0. The molecule has 0 radical (unpaired) electrons. The predicted molar refractivity (Wildman–Crippen MR) is 140 cm³/mol. The van der Waals surface area contributed by atoms with Gasteiger partial charge in [0.2, 0.25) is 5.78 Å². The van der Waals surface area contributed by atoms with Gasteiger partial charge >= 0.3 is 0 Å². The number of nitrogens with zero attached hydrogens (tertiary/aromatic N) is 1. The van der Waals surface area contributed by atoms with E-state index in [0.717, 1.165) is 53.0 Å². The van der Waals surface area contributed by atoms with Crippen LogP contribution in [0.15, 0.2) is 60.7 Å². The summed E-state index contributed by atoms with van der Waals surface area (Å²) in [4.78, 5) is 16.3. The van der Waals surface area contributed by atoms with E-state index in [4.69, 9.17) is 4.74 Å². The minimum Gasteiger partial charge on any atom is -0.508 e. The van der Waals surface area contributed by atoms with Crippen LogP contribution in [0, 0.1) is 18.7 Å². The number of hydrogen-bond donors (Lipinski definition) is 1. The fraction of sp³-hybridized carbons (Fsp3) is 0.276. The standard InChI is InChI=1S/C29H27F2NO3S/c1-18-13-21(31)5-9-24(18)28(34)29-27(25-10-6-22(33)14-26(25)36-29)20-3-7-23(8-4-20)35-12-2-11-32-16-19(15-30)17-32/h3-10,13-14,19,33H,2,11-12,15-17H2,1H3. The zero-order valence-corrected chi connectivity index (χ0v) is 20.8. The average Bonchev–Trinajstić information content (AvgIpc) is 3.21. The van der Waals surface area contributed by atoms with Crippen molar-refractivity contribution in [3.05, 3.63) is 82.5 Å². The molecule has 1 aliphatic rings. The number of ketones is 1. The third-order valence-corrected chi connectivity index (χ3v) is 7.75. The topological polar surface area (TPSA) is 49.8 Å². The van der Waals surface area contributed by atoms with Crippen LogP contribution in [-0.2, 0) is 0 Å². The van der Waals surface area contributed by atoms with Gasteiger partial charge in [-0.1, -0.05) is 12.1 Å². The third-order valence-electron chi connectivity index (χ3n) is 6.59. The highest BCUT2D eigenvalue weighted by Crippen LogP contribution is 2.42. The van der Waals surface area contributed by atoms with Crippen molar-refractivity contribution in [1.82, 2.24) is 4.90 Å². The van der Waals surface area contributed by atoms with Crippen LogP contribution in [0.25, 0.3) is 21.2 Å². The molecule has 0 aliphatic carbocycles. The number of carbonyl (C=O) groups is 1. The molecule has 0 saturated carbocycles. The summed E-state index contributed by atoms with van der Waals surface area (Å²) < 4.78 is 32.9. The fourth-order valence-corrected chi connectivity index (χ4v) is 5.90. The fourth-order valence-electron chi connectivity index (χ4n) is 4.69. The second kappa shape index (κ2) is 10.4. The predicted octanol–water partition coefficient (Wildman–Crippen LogP) is 6.62. The molecule has 0 unspecified atom stereocenters. The Balaban J connectivity index is 1.37. The number of thiophene rings is 1. The Labute approximate surface area is 212 Å². The van der Waals surface area contributed by atoms with E-state index in [2.05, 4.69) is 4.90 Å². The maximum absolute atomic E-state index is 13.6. The first-order valence-electron chi connectivity index (χ1n) is 12.0. The highest BCUT2D eigenvalue weighted by molar-refractivity contribution is 7.21. The lowest BCUT2D eigenvalue weighted by Gasteiger charge is -2.37. The number of ether oxygens (including phenoxy) is 1. The number of fused-ring (bicyclic) bond motifs is 1. The Morgan fingerprint density at radius 1 is 1.11 bits per heavy atom. The molecule has 0 spiro atoms.